The molecule has 1 amide bonds. The second-order valence-electron chi connectivity index (χ2n) is 6.56. The van der Waals surface area contributed by atoms with Gasteiger partial charge < -0.3 is 10.6 Å². The van der Waals surface area contributed by atoms with Crippen LogP contribution < -0.4 is 10.6 Å². The number of aromatic nitrogens is 2. The molecule has 0 radical (unpaired) electrons. The van der Waals surface area contributed by atoms with Gasteiger partial charge in [0.05, 0.1) is 0 Å². The third kappa shape index (κ3) is 3.62. The van der Waals surface area contributed by atoms with Crippen molar-refractivity contribution in [3.63, 3.8) is 0 Å². The minimum atomic E-state index is -0.0426. The molecule has 1 aliphatic heterocycles. The van der Waals surface area contributed by atoms with Gasteiger partial charge in [-0.1, -0.05) is 30.3 Å². The summed E-state index contributed by atoms with van der Waals surface area (Å²) >= 11 is 0. The lowest BCUT2D eigenvalue weighted by Gasteiger charge is -2.19. The largest absolute Gasteiger partial charge is 0.347 e. The summed E-state index contributed by atoms with van der Waals surface area (Å²) in [4.78, 5) is 12.7. The molecule has 3 N–H and O–H groups in total. The summed E-state index contributed by atoms with van der Waals surface area (Å²) in [5.41, 5.74) is 3.96. The number of aromatic amines is 1. The van der Waals surface area contributed by atoms with E-state index >= 15 is 0 Å². The van der Waals surface area contributed by atoms with Gasteiger partial charge in [0, 0.05) is 36.8 Å². The van der Waals surface area contributed by atoms with Crippen LogP contribution in [-0.2, 0) is 19.4 Å². The molecule has 2 heterocycles. The SMILES string of the molecule is Cl.O=C(NC(Cc1ccccc1)C1CC1)c1n[nH]c2c1CNCC2. The van der Waals surface area contributed by atoms with Crippen LogP contribution in [0, 0.1) is 5.92 Å². The first-order valence-electron chi connectivity index (χ1n) is 8.43. The van der Waals surface area contributed by atoms with Gasteiger partial charge in [-0.25, -0.2) is 0 Å². The maximum Gasteiger partial charge on any atom is 0.272 e. The van der Waals surface area contributed by atoms with Gasteiger partial charge in [0.2, 0.25) is 0 Å². The molecule has 1 aromatic carbocycles. The topological polar surface area (TPSA) is 69.8 Å². The van der Waals surface area contributed by atoms with E-state index < -0.39 is 0 Å². The Morgan fingerprint density at radius 3 is 2.83 bits per heavy atom. The lowest BCUT2D eigenvalue weighted by molar-refractivity contribution is 0.0925. The molecule has 0 saturated heterocycles. The van der Waals surface area contributed by atoms with E-state index in [0.29, 0.717) is 11.6 Å². The highest BCUT2D eigenvalue weighted by Gasteiger charge is 2.33. The highest BCUT2D eigenvalue weighted by Crippen LogP contribution is 2.34. The predicted octanol–water partition coefficient (Wildman–Crippen LogP) is 2.23. The third-order valence-corrected chi connectivity index (χ3v) is 4.83. The number of hydrogen-bond acceptors (Lipinski definition) is 3. The second kappa shape index (κ2) is 7.36. The molecule has 4 rings (SSSR count). The molecule has 1 fully saturated rings. The van der Waals surface area contributed by atoms with Crippen molar-refractivity contribution in [1.82, 2.24) is 20.8 Å². The number of rotatable bonds is 5. The molecule has 1 aliphatic carbocycles. The molecule has 1 atom stereocenters. The van der Waals surface area contributed by atoms with E-state index in [1.165, 1.54) is 18.4 Å². The molecule has 0 spiro atoms. The fraction of sp³-hybridized carbons (Fsp3) is 0.444. The van der Waals surface area contributed by atoms with Crippen molar-refractivity contribution in [2.24, 2.45) is 5.92 Å². The summed E-state index contributed by atoms with van der Waals surface area (Å²) in [6.45, 7) is 1.66. The number of carbonyl (C=O) groups excluding carboxylic acids is 1. The number of nitrogens with one attached hydrogen (secondary N) is 3. The number of benzene rings is 1. The molecule has 128 valence electrons. The highest BCUT2D eigenvalue weighted by atomic mass is 35.5. The van der Waals surface area contributed by atoms with Crippen LogP contribution in [0.4, 0.5) is 0 Å². The molecule has 1 unspecified atom stereocenters. The standard InChI is InChI=1S/C18H22N4O.ClH/c23-18(17-14-11-19-9-8-15(14)21-22-17)20-16(13-6-7-13)10-12-4-2-1-3-5-12;/h1-5,13,16,19H,6-11H2,(H,20,23)(H,21,22);1H. The van der Waals surface area contributed by atoms with Crippen molar-refractivity contribution in [1.29, 1.82) is 0 Å². The second-order valence-corrected chi connectivity index (χ2v) is 6.56. The first kappa shape index (κ1) is 17.0. The Labute approximate surface area is 148 Å². The number of fused-ring (bicyclic) bond motifs is 1. The minimum Gasteiger partial charge on any atom is -0.347 e. The van der Waals surface area contributed by atoms with E-state index in [4.69, 9.17) is 0 Å². The lowest BCUT2D eigenvalue weighted by Crippen LogP contribution is -2.39. The molecule has 1 saturated carbocycles. The van der Waals surface area contributed by atoms with Crippen molar-refractivity contribution < 1.29 is 4.79 Å². The highest BCUT2D eigenvalue weighted by molar-refractivity contribution is 5.94. The first-order chi connectivity index (χ1) is 11.3. The van der Waals surface area contributed by atoms with Crippen LogP contribution in [0.3, 0.4) is 0 Å². The van der Waals surface area contributed by atoms with Crippen LogP contribution in [0.25, 0.3) is 0 Å². The van der Waals surface area contributed by atoms with Crippen molar-refractivity contribution in [3.05, 3.63) is 52.8 Å². The van der Waals surface area contributed by atoms with Crippen molar-refractivity contribution >= 4 is 18.3 Å². The Balaban J connectivity index is 0.00000169. The number of amides is 1. The van der Waals surface area contributed by atoms with E-state index in [0.717, 1.165) is 37.2 Å². The molecule has 6 heteroatoms. The quantitative estimate of drug-likeness (QED) is 0.777. The van der Waals surface area contributed by atoms with Gasteiger partial charge in [-0.3, -0.25) is 9.89 Å². The molecule has 1 aromatic heterocycles. The zero-order valence-corrected chi connectivity index (χ0v) is 14.4. The lowest BCUT2D eigenvalue weighted by atomic mass is 10.0. The molecule has 2 aromatic rings. The van der Waals surface area contributed by atoms with Crippen molar-refractivity contribution in [2.45, 2.75) is 38.3 Å². The van der Waals surface area contributed by atoms with E-state index in [-0.39, 0.29) is 24.4 Å². The number of carbonyl (C=O) groups is 1. The summed E-state index contributed by atoms with van der Waals surface area (Å²) in [6.07, 6.45) is 4.21. The summed E-state index contributed by atoms with van der Waals surface area (Å²) in [5.74, 6) is 0.561. The maximum atomic E-state index is 12.7. The van der Waals surface area contributed by atoms with Crippen LogP contribution >= 0.6 is 12.4 Å². The van der Waals surface area contributed by atoms with Crippen LogP contribution in [0.5, 0.6) is 0 Å². The van der Waals surface area contributed by atoms with Crippen molar-refractivity contribution in [3.8, 4) is 0 Å². The number of halogens is 1. The third-order valence-electron chi connectivity index (χ3n) is 4.83. The van der Waals surface area contributed by atoms with Gasteiger partial charge in [0.25, 0.3) is 5.91 Å². The number of hydrogen-bond donors (Lipinski definition) is 3. The Bertz CT molecular complexity index is 696. The smallest absolute Gasteiger partial charge is 0.272 e. The molecular weight excluding hydrogens is 324 g/mol. The first-order valence-corrected chi connectivity index (χ1v) is 8.43. The van der Waals surface area contributed by atoms with Crippen LogP contribution in [0.1, 0.15) is 40.2 Å². The summed E-state index contributed by atoms with van der Waals surface area (Å²) < 4.78 is 0. The summed E-state index contributed by atoms with van der Waals surface area (Å²) in [6, 6.07) is 10.6. The Morgan fingerprint density at radius 1 is 1.29 bits per heavy atom. The molecule has 5 nitrogen and oxygen atoms in total. The zero-order valence-electron chi connectivity index (χ0n) is 13.5. The van der Waals surface area contributed by atoms with E-state index in [2.05, 4.69) is 45.1 Å². The fourth-order valence-electron chi connectivity index (χ4n) is 3.35. The Kier molecular flexibility index (Phi) is 5.21. The van der Waals surface area contributed by atoms with Crippen LogP contribution in [0.2, 0.25) is 0 Å². The summed E-state index contributed by atoms with van der Waals surface area (Å²) in [7, 11) is 0. The fourth-order valence-corrected chi connectivity index (χ4v) is 3.35. The molecular formula is C18H23ClN4O. The maximum absolute atomic E-state index is 12.7. The predicted molar refractivity (Wildman–Crippen MR) is 95.4 cm³/mol. The number of nitrogens with zero attached hydrogens (tertiary/aromatic N) is 1. The van der Waals surface area contributed by atoms with Crippen molar-refractivity contribution in [2.75, 3.05) is 6.54 Å². The Morgan fingerprint density at radius 2 is 2.08 bits per heavy atom. The van der Waals surface area contributed by atoms with Crippen LogP contribution in [0.15, 0.2) is 30.3 Å². The molecule has 0 bridgehead atoms. The van der Waals surface area contributed by atoms with E-state index in [9.17, 15) is 4.79 Å². The average Bonchev–Trinajstić information content (AvgIpc) is 3.34. The normalized spacial score (nSPS) is 17.5. The van der Waals surface area contributed by atoms with Gasteiger partial charge >= 0.3 is 0 Å². The molecule has 24 heavy (non-hydrogen) atoms. The van der Waals surface area contributed by atoms with Crippen LogP contribution in [-0.4, -0.2) is 28.7 Å². The van der Waals surface area contributed by atoms with Gasteiger partial charge in [-0.15, -0.1) is 12.4 Å². The zero-order chi connectivity index (χ0) is 15.6. The van der Waals surface area contributed by atoms with E-state index in [1.807, 2.05) is 6.07 Å². The molecule has 2 aliphatic rings. The minimum absolute atomic E-state index is 0. The summed E-state index contributed by atoms with van der Waals surface area (Å²) in [5, 5.41) is 13.8. The van der Waals surface area contributed by atoms with Gasteiger partial charge in [-0.2, -0.15) is 5.10 Å². The Hall–Kier alpha value is -1.85. The van der Waals surface area contributed by atoms with Gasteiger partial charge in [0.15, 0.2) is 5.69 Å². The number of H-pyrrole nitrogens is 1. The average molecular weight is 347 g/mol. The van der Waals surface area contributed by atoms with E-state index in [1.54, 1.807) is 0 Å². The monoisotopic (exact) mass is 346 g/mol. The van der Waals surface area contributed by atoms with Gasteiger partial charge in [0.1, 0.15) is 0 Å². The van der Waals surface area contributed by atoms with Gasteiger partial charge in [-0.05, 0) is 30.7 Å².